The molecule has 1 saturated heterocycles. The lowest BCUT2D eigenvalue weighted by Crippen LogP contribution is -2.48. The van der Waals surface area contributed by atoms with Crippen LogP contribution in [0.4, 0.5) is 0 Å². The molecule has 1 saturated carbocycles. The van der Waals surface area contributed by atoms with Crippen LogP contribution in [0.1, 0.15) is 52.9 Å². The fourth-order valence-corrected chi connectivity index (χ4v) is 4.47. The van der Waals surface area contributed by atoms with Crippen molar-refractivity contribution < 1.29 is 0 Å². The molecular weight excluding hydrogens is 182 g/mol. The van der Waals surface area contributed by atoms with Gasteiger partial charge in [0.05, 0.1) is 0 Å². The van der Waals surface area contributed by atoms with Crippen LogP contribution in [-0.2, 0) is 0 Å². The molecule has 0 bridgehead atoms. The van der Waals surface area contributed by atoms with E-state index in [1.54, 1.807) is 0 Å². The van der Waals surface area contributed by atoms with Gasteiger partial charge in [-0.3, -0.25) is 0 Å². The first-order chi connectivity index (χ1) is 7.16. The van der Waals surface area contributed by atoms with Gasteiger partial charge in [0.25, 0.3) is 0 Å². The molecule has 2 fully saturated rings. The van der Waals surface area contributed by atoms with Crippen molar-refractivity contribution >= 4 is 0 Å². The van der Waals surface area contributed by atoms with Gasteiger partial charge >= 0.3 is 0 Å². The van der Waals surface area contributed by atoms with Gasteiger partial charge in [-0.2, -0.15) is 0 Å². The summed E-state index contributed by atoms with van der Waals surface area (Å²) in [6, 6.07) is 0. The second-order valence-corrected chi connectivity index (χ2v) is 6.28. The molecule has 3 unspecified atom stereocenters. The molecule has 1 aliphatic carbocycles. The van der Waals surface area contributed by atoms with Gasteiger partial charge in [-0.1, -0.05) is 27.2 Å². The number of nitrogens with one attached hydrogen (secondary N) is 1. The summed E-state index contributed by atoms with van der Waals surface area (Å²) in [5, 5.41) is 3.59. The molecule has 1 aliphatic heterocycles. The van der Waals surface area contributed by atoms with Crippen molar-refractivity contribution in [3.8, 4) is 0 Å². The Morgan fingerprint density at radius 2 is 1.87 bits per heavy atom. The number of rotatable bonds is 1. The van der Waals surface area contributed by atoms with Crippen LogP contribution in [0.15, 0.2) is 0 Å². The fraction of sp³-hybridized carbons (Fsp3) is 1.00. The van der Waals surface area contributed by atoms with E-state index in [4.69, 9.17) is 0 Å². The third-order valence-corrected chi connectivity index (χ3v) is 4.86. The highest BCUT2D eigenvalue weighted by atomic mass is 14.9. The molecule has 2 rings (SSSR count). The molecule has 3 atom stereocenters. The fourth-order valence-electron chi connectivity index (χ4n) is 4.47. The Morgan fingerprint density at radius 1 is 1.20 bits per heavy atom. The molecule has 0 amide bonds. The van der Waals surface area contributed by atoms with Crippen LogP contribution in [0.25, 0.3) is 0 Å². The van der Waals surface area contributed by atoms with Gasteiger partial charge in [-0.25, -0.2) is 0 Å². The first-order valence-corrected chi connectivity index (χ1v) is 6.87. The minimum Gasteiger partial charge on any atom is -0.316 e. The van der Waals surface area contributed by atoms with E-state index in [9.17, 15) is 0 Å². The van der Waals surface area contributed by atoms with Gasteiger partial charge in [0.1, 0.15) is 0 Å². The summed E-state index contributed by atoms with van der Waals surface area (Å²) in [4.78, 5) is 0. The molecule has 0 aromatic rings. The summed E-state index contributed by atoms with van der Waals surface area (Å²) < 4.78 is 0. The third-order valence-electron chi connectivity index (χ3n) is 4.86. The Morgan fingerprint density at radius 3 is 2.47 bits per heavy atom. The summed E-state index contributed by atoms with van der Waals surface area (Å²) in [7, 11) is 0. The zero-order valence-corrected chi connectivity index (χ0v) is 10.7. The maximum absolute atomic E-state index is 3.59. The normalized spacial score (nSPS) is 47.0. The molecular formula is C14H27N. The Hall–Kier alpha value is -0.0400. The lowest BCUT2D eigenvalue weighted by atomic mass is 9.57. The van der Waals surface area contributed by atoms with Crippen molar-refractivity contribution in [1.82, 2.24) is 5.32 Å². The van der Waals surface area contributed by atoms with Crippen LogP contribution in [-0.4, -0.2) is 13.1 Å². The maximum atomic E-state index is 3.59. The predicted octanol–water partition coefficient (Wildman–Crippen LogP) is 3.45. The standard InChI is InChI=1S/C14H27N/c1-4-13-10-15-6-5-14(13)8-11(2)7-12(3)9-14/h11-13,15H,4-10H2,1-3H3. The van der Waals surface area contributed by atoms with E-state index in [0.29, 0.717) is 5.41 Å². The van der Waals surface area contributed by atoms with E-state index in [-0.39, 0.29) is 0 Å². The first-order valence-electron chi connectivity index (χ1n) is 6.87. The van der Waals surface area contributed by atoms with E-state index in [2.05, 4.69) is 26.1 Å². The van der Waals surface area contributed by atoms with Gasteiger partial charge in [0.15, 0.2) is 0 Å². The molecule has 0 aromatic heterocycles. The molecule has 0 radical (unpaired) electrons. The van der Waals surface area contributed by atoms with Gasteiger partial charge < -0.3 is 5.32 Å². The maximum Gasteiger partial charge on any atom is -0.00153 e. The average Bonchev–Trinajstić information content (AvgIpc) is 2.16. The van der Waals surface area contributed by atoms with Crippen LogP contribution in [0.2, 0.25) is 0 Å². The number of hydrogen-bond acceptors (Lipinski definition) is 1. The van der Waals surface area contributed by atoms with Crippen LogP contribution >= 0.6 is 0 Å². The Labute approximate surface area is 95.0 Å². The number of hydrogen-bond donors (Lipinski definition) is 1. The summed E-state index contributed by atoms with van der Waals surface area (Å²) in [6.45, 7) is 9.84. The summed E-state index contributed by atoms with van der Waals surface area (Å²) in [5.41, 5.74) is 0.705. The molecule has 1 nitrogen and oxygen atoms in total. The zero-order chi connectivity index (χ0) is 10.9. The topological polar surface area (TPSA) is 12.0 Å². The van der Waals surface area contributed by atoms with Crippen LogP contribution in [0.3, 0.4) is 0 Å². The van der Waals surface area contributed by atoms with Crippen molar-refractivity contribution in [3.63, 3.8) is 0 Å². The SMILES string of the molecule is CCC1CNCCC12CC(C)CC(C)C2. The first kappa shape index (κ1) is 11.4. The van der Waals surface area contributed by atoms with E-state index >= 15 is 0 Å². The average molecular weight is 209 g/mol. The smallest absolute Gasteiger partial charge is 0.00153 e. The quantitative estimate of drug-likeness (QED) is 0.697. The molecule has 1 heterocycles. The zero-order valence-electron chi connectivity index (χ0n) is 10.7. The molecule has 2 aliphatic rings. The van der Waals surface area contributed by atoms with Crippen LogP contribution in [0.5, 0.6) is 0 Å². The van der Waals surface area contributed by atoms with E-state index < -0.39 is 0 Å². The predicted molar refractivity (Wildman–Crippen MR) is 65.9 cm³/mol. The van der Waals surface area contributed by atoms with Crippen LogP contribution < -0.4 is 5.32 Å². The molecule has 1 N–H and O–H groups in total. The van der Waals surface area contributed by atoms with Gasteiger partial charge in [0, 0.05) is 0 Å². The highest BCUT2D eigenvalue weighted by Gasteiger charge is 2.43. The van der Waals surface area contributed by atoms with Crippen molar-refractivity contribution in [2.24, 2.45) is 23.2 Å². The second-order valence-electron chi connectivity index (χ2n) is 6.28. The second kappa shape index (κ2) is 4.45. The number of piperidine rings is 1. The van der Waals surface area contributed by atoms with E-state index in [1.807, 2.05) is 0 Å². The third kappa shape index (κ3) is 2.22. The molecule has 88 valence electrons. The molecule has 1 spiro atoms. The summed E-state index contributed by atoms with van der Waals surface area (Å²) >= 11 is 0. The minimum absolute atomic E-state index is 0.705. The monoisotopic (exact) mass is 209 g/mol. The van der Waals surface area contributed by atoms with E-state index in [0.717, 1.165) is 17.8 Å². The van der Waals surface area contributed by atoms with Crippen molar-refractivity contribution in [1.29, 1.82) is 0 Å². The highest BCUT2D eigenvalue weighted by Crippen LogP contribution is 2.51. The molecule has 1 heteroatoms. The van der Waals surface area contributed by atoms with Gasteiger partial charge in [-0.05, 0) is 61.9 Å². The molecule has 15 heavy (non-hydrogen) atoms. The van der Waals surface area contributed by atoms with Gasteiger partial charge in [0.2, 0.25) is 0 Å². The highest BCUT2D eigenvalue weighted by molar-refractivity contribution is 4.95. The summed E-state index contributed by atoms with van der Waals surface area (Å²) in [5.74, 6) is 2.86. The molecule has 0 aromatic carbocycles. The van der Waals surface area contributed by atoms with Gasteiger partial charge in [-0.15, -0.1) is 0 Å². The van der Waals surface area contributed by atoms with Crippen molar-refractivity contribution in [3.05, 3.63) is 0 Å². The Kier molecular flexibility index (Phi) is 3.39. The summed E-state index contributed by atoms with van der Waals surface area (Å²) in [6.07, 6.45) is 7.26. The largest absolute Gasteiger partial charge is 0.316 e. The Bertz CT molecular complexity index is 201. The lowest BCUT2D eigenvalue weighted by molar-refractivity contribution is 0.0114. The van der Waals surface area contributed by atoms with Crippen LogP contribution in [0, 0.1) is 23.2 Å². The van der Waals surface area contributed by atoms with Crippen molar-refractivity contribution in [2.75, 3.05) is 13.1 Å². The minimum atomic E-state index is 0.705. The Balaban J connectivity index is 2.13. The van der Waals surface area contributed by atoms with E-state index in [1.165, 1.54) is 45.2 Å². The lowest BCUT2D eigenvalue weighted by Gasteiger charge is -2.50. The van der Waals surface area contributed by atoms with Crippen molar-refractivity contribution in [2.45, 2.75) is 52.9 Å².